The fourth-order valence-corrected chi connectivity index (χ4v) is 2.48. The van der Waals surface area contributed by atoms with Crippen LogP contribution in [0.1, 0.15) is 64.9 Å². The van der Waals surface area contributed by atoms with E-state index in [1.54, 1.807) is 0 Å². The minimum absolute atomic E-state index is 0.592. The standard InChI is InChI=1S/C19H33NO/c1-4-6-7-8-9-16-21-19-14-12-18(13-15-19)11-10-17(3)20-5-2/h12-15,17,20H,4-11,16H2,1-3H3. The third kappa shape index (κ3) is 8.77. The summed E-state index contributed by atoms with van der Waals surface area (Å²) in [5.41, 5.74) is 1.40. The van der Waals surface area contributed by atoms with E-state index in [2.05, 4.69) is 50.4 Å². The molecule has 0 spiro atoms. The molecule has 1 atom stereocenters. The van der Waals surface area contributed by atoms with Crippen molar-refractivity contribution >= 4 is 0 Å². The van der Waals surface area contributed by atoms with Crippen molar-refractivity contribution in [2.75, 3.05) is 13.2 Å². The van der Waals surface area contributed by atoms with Crippen molar-refractivity contribution in [3.05, 3.63) is 29.8 Å². The van der Waals surface area contributed by atoms with Crippen LogP contribution in [0.25, 0.3) is 0 Å². The first-order chi connectivity index (χ1) is 10.3. The average Bonchev–Trinajstić information content (AvgIpc) is 2.50. The maximum atomic E-state index is 5.79. The largest absolute Gasteiger partial charge is 0.494 e. The second-order valence-electron chi connectivity index (χ2n) is 5.90. The highest BCUT2D eigenvalue weighted by Gasteiger charge is 2.01. The molecular formula is C19H33NO. The highest BCUT2D eigenvalue weighted by molar-refractivity contribution is 5.27. The molecule has 2 heteroatoms. The van der Waals surface area contributed by atoms with Crippen LogP contribution in [-0.2, 0) is 6.42 Å². The summed E-state index contributed by atoms with van der Waals surface area (Å²) in [6.45, 7) is 8.55. The summed E-state index contributed by atoms with van der Waals surface area (Å²) in [5.74, 6) is 1.01. The van der Waals surface area contributed by atoms with Crippen LogP contribution < -0.4 is 10.1 Å². The van der Waals surface area contributed by atoms with E-state index < -0.39 is 0 Å². The van der Waals surface area contributed by atoms with E-state index >= 15 is 0 Å². The lowest BCUT2D eigenvalue weighted by molar-refractivity contribution is 0.304. The molecule has 0 amide bonds. The van der Waals surface area contributed by atoms with Gasteiger partial charge in [0.25, 0.3) is 0 Å². The molecule has 1 aromatic rings. The second kappa shape index (κ2) is 11.6. The smallest absolute Gasteiger partial charge is 0.119 e. The zero-order valence-electron chi connectivity index (χ0n) is 14.2. The minimum atomic E-state index is 0.592. The molecule has 1 N–H and O–H groups in total. The highest BCUT2D eigenvalue weighted by atomic mass is 16.5. The van der Waals surface area contributed by atoms with Gasteiger partial charge >= 0.3 is 0 Å². The Balaban J connectivity index is 2.18. The summed E-state index contributed by atoms with van der Waals surface area (Å²) in [5, 5.41) is 3.45. The van der Waals surface area contributed by atoms with Crippen molar-refractivity contribution < 1.29 is 4.74 Å². The molecule has 0 aliphatic heterocycles. The lowest BCUT2D eigenvalue weighted by Crippen LogP contribution is -2.25. The molecule has 0 saturated heterocycles. The predicted molar refractivity (Wildman–Crippen MR) is 92.2 cm³/mol. The van der Waals surface area contributed by atoms with Gasteiger partial charge < -0.3 is 10.1 Å². The number of hydrogen-bond acceptors (Lipinski definition) is 2. The molecule has 1 unspecified atom stereocenters. The van der Waals surface area contributed by atoms with Gasteiger partial charge in [0.2, 0.25) is 0 Å². The van der Waals surface area contributed by atoms with Crippen molar-refractivity contribution in [3.8, 4) is 5.75 Å². The molecule has 120 valence electrons. The average molecular weight is 291 g/mol. The Morgan fingerprint density at radius 1 is 1.00 bits per heavy atom. The molecule has 1 rings (SSSR count). The first-order valence-corrected chi connectivity index (χ1v) is 8.71. The molecule has 0 aliphatic rings. The van der Waals surface area contributed by atoms with Crippen LogP contribution in [-0.4, -0.2) is 19.2 Å². The monoisotopic (exact) mass is 291 g/mol. The molecule has 2 nitrogen and oxygen atoms in total. The number of benzene rings is 1. The molecule has 0 aromatic heterocycles. The number of unbranched alkanes of at least 4 members (excludes halogenated alkanes) is 4. The summed E-state index contributed by atoms with van der Waals surface area (Å²) in [6.07, 6.45) is 8.75. The molecule has 0 fully saturated rings. The van der Waals surface area contributed by atoms with Crippen molar-refractivity contribution in [2.45, 2.75) is 71.8 Å². The fraction of sp³-hybridized carbons (Fsp3) is 0.684. The first kappa shape index (κ1) is 18.0. The normalized spacial score (nSPS) is 12.3. The summed E-state index contributed by atoms with van der Waals surface area (Å²) in [7, 11) is 0. The summed E-state index contributed by atoms with van der Waals surface area (Å²) in [6, 6.07) is 9.21. The van der Waals surface area contributed by atoms with Crippen LogP contribution >= 0.6 is 0 Å². The first-order valence-electron chi connectivity index (χ1n) is 8.71. The topological polar surface area (TPSA) is 21.3 Å². The van der Waals surface area contributed by atoms with Crippen molar-refractivity contribution in [3.63, 3.8) is 0 Å². The van der Waals surface area contributed by atoms with Gasteiger partial charge in [-0.2, -0.15) is 0 Å². The Kier molecular flexibility index (Phi) is 9.98. The molecule has 0 aliphatic carbocycles. The molecule has 21 heavy (non-hydrogen) atoms. The van der Waals surface area contributed by atoms with Gasteiger partial charge in [-0.3, -0.25) is 0 Å². The molecular weight excluding hydrogens is 258 g/mol. The predicted octanol–water partition coefficient (Wildman–Crippen LogP) is 4.97. The van der Waals surface area contributed by atoms with E-state index in [0.29, 0.717) is 6.04 Å². The Labute approximate surface area is 131 Å². The van der Waals surface area contributed by atoms with E-state index in [0.717, 1.165) is 25.3 Å². The fourth-order valence-electron chi connectivity index (χ4n) is 2.48. The molecule has 0 bridgehead atoms. The van der Waals surface area contributed by atoms with Crippen molar-refractivity contribution in [1.82, 2.24) is 5.32 Å². The molecule has 1 aromatic carbocycles. The number of rotatable bonds is 12. The van der Waals surface area contributed by atoms with E-state index in [1.165, 1.54) is 44.1 Å². The lowest BCUT2D eigenvalue weighted by Gasteiger charge is -2.12. The number of aryl methyl sites for hydroxylation is 1. The Morgan fingerprint density at radius 2 is 1.71 bits per heavy atom. The Morgan fingerprint density at radius 3 is 2.38 bits per heavy atom. The van der Waals surface area contributed by atoms with Crippen LogP contribution in [0.3, 0.4) is 0 Å². The molecule has 0 saturated carbocycles. The second-order valence-corrected chi connectivity index (χ2v) is 5.90. The maximum Gasteiger partial charge on any atom is 0.119 e. The quantitative estimate of drug-likeness (QED) is 0.549. The Hall–Kier alpha value is -1.02. The van der Waals surface area contributed by atoms with Crippen LogP contribution in [0.15, 0.2) is 24.3 Å². The van der Waals surface area contributed by atoms with E-state index in [9.17, 15) is 0 Å². The Bertz CT molecular complexity index is 347. The lowest BCUT2D eigenvalue weighted by atomic mass is 10.1. The van der Waals surface area contributed by atoms with Gasteiger partial charge in [0, 0.05) is 6.04 Å². The van der Waals surface area contributed by atoms with Crippen LogP contribution in [0.5, 0.6) is 5.75 Å². The van der Waals surface area contributed by atoms with Crippen LogP contribution in [0.2, 0.25) is 0 Å². The molecule has 0 radical (unpaired) electrons. The van der Waals surface area contributed by atoms with Gasteiger partial charge in [-0.15, -0.1) is 0 Å². The summed E-state index contributed by atoms with van der Waals surface area (Å²) < 4.78 is 5.79. The number of hydrogen-bond donors (Lipinski definition) is 1. The third-order valence-corrected chi connectivity index (χ3v) is 3.86. The SMILES string of the molecule is CCCCCCCOc1ccc(CCC(C)NCC)cc1. The maximum absolute atomic E-state index is 5.79. The van der Waals surface area contributed by atoms with Crippen LogP contribution in [0, 0.1) is 0 Å². The molecule has 0 heterocycles. The van der Waals surface area contributed by atoms with Crippen molar-refractivity contribution in [1.29, 1.82) is 0 Å². The van der Waals surface area contributed by atoms with Crippen LogP contribution in [0.4, 0.5) is 0 Å². The summed E-state index contributed by atoms with van der Waals surface area (Å²) >= 11 is 0. The highest BCUT2D eigenvalue weighted by Crippen LogP contribution is 2.15. The zero-order chi connectivity index (χ0) is 15.3. The minimum Gasteiger partial charge on any atom is -0.494 e. The summed E-state index contributed by atoms with van der Waals surface area (Å²) in [4.78, 5) is 0. The van der Waals surface area contributed by atoms with Gasteiger partial charge in [0.1, 0.15) is 5.75 Å². The van der Waals surface area contributed by atoms with Gasteiger partial charge in [-0.05, 0) is 50.4 Å². The van der Waals surface area contributed by atoms with E-state index in [-0.39, 0.29) is 0 Å². The zero-order valence-corrected chi connectivity index (χ0v) is 14.2. The van der Waals surface area contributed by atoms with Gasteiger partial charge in [0.05, 0.1) is 6.61 Å². The van der Waals surface area contributed by atoms with Gasteiger partial charge in [0.15, 0.2) is 0 Å². The number of nitrogens with one attached hydrogen (secondary N) is 1. The van der Waals surface area contributed by atoms with E-state index in [4.69, 9.17) is 4.74 Å². The third-order valence-electron chi connectivity index (χ3n) is 3.86. The van der Waals surface area contributed by atoms with Gasteiger partial charge in [-0.1, -0.05) is 51.7 Å². The van der Waals surface area contributed by atoms with Gasteiger partial charge in [-0.25, -0.2) is 0 Å². The van der Waals surface area contributed by atoms with Crippen molar-refractivity contribution in [2.24, 2.45) is 0 Å². The van der Waals surface area contributed by atoms with E-state index in [1.807, 2.05) is 0 Å². The number of ether oxygens (including phenoxy) is 1.